The maximum atomic E-state index is 11.9. The van der Waals surface area contributed by atoms with Crippen LogP contribution in [-0.2, 0) is 4.79 Å². The number of piperidine rings is 1. The maximum absolute atomic E-state index is 11.9. The Labute approximate surface area is 118 Å². The molecule has 0 saturated carbocycles. The van der Waals surface area contributed by atoms with Gasteiger partial charge >= 0.3 is 0 Å². The van der Waals surface area contributed by atoms with Gasteiger partial charge in [-0.05, 0) is 25.3 Å². The first-order valence-electron chi connectivity index (χ1n) is 6.16. The zero-order valence-corrected chi connectivity index (χ0v) is 12.4. The Kier molecular flexibility index (Phi) is 6.05. The number of rotatable bonds is 3. The van der Waals surface area contributed by atoms with E-state index in [1.165, 1.54) is 17.8 Å². The number of amides is 1. The Bertz CT molecular complexity index is 388. The van der Waals surface area contributed by atoms with Gasteiger partial charge in [-0.2, -0.15) is 0 Å². The summed E-state index contributed by atoms with van der Waals surface area (Å²) in [6, 6.07) is -0.0462. The average Bonchev–Trinajstić information content (AvgIpc) is 2.79. The van der Waals surface area contributed by atoms with Crippen LogP contribution in [0.1, 0.15) is 44.7 Å². The van der Waals surface area contributed by atoms with E-state index in [0.717, 1.165) is 25.1 Å². The molecule has 2 N–H and O–H groups in total. The van der Waals surface area contributed by atoms with Gasteiger partial charge in [0, 0.05) is 5.38 Å². The molecule has 18 heavy (non-hydrogen) atoms. The fourth-order valence-electron chi connectivity index (χ4n) is 1.88. The van der Waals surface area contributed by atoms with Crippen LogP contribution >= 0.6 is 23.7 Å². The van der Waals surface area contributed by atoms with Crippen LogP contribution in [0, 0.1) is 0 Å². The van der Waals surface area contributed by atoms with Crippen molar-refractivity contribution in [2.45, 2.75) is 45.1 Å². The van der Waals surface area contributed by atoms with E-state index in [-0.39, 0.29) is 24.4 Å². The number of halogens is 1. The van der Waals surface area contributed by atoms with Crippen molar-refractivity contribution in [3.8, 4) is 0 Å². The second-order valence-corrected chi connectivity index (χ2v) is 5.58. The summed E-state index contributed by atoms with van der Waals surface area (Å²) in [5.74, 6) is 0.457. The number of thiazole rings is 1. The molecule has 1 aromatic rings. The number of nitrogens with one attached hydrogen (secondary N) is 2. The largest absolute Gasteiger partial charge is 0.306 e. The standard InChI is InChI=1S/C12H19N3OS.ClH/c1-8(2)10-7-17-12(14-10)15-11(16)9-5-3-4-6-13-9;/h7-9,13H,3-6H2,1-2H3,(H,14,15,16);1H. The van der Waals surface area contributed by atoms with Gasteiger partial charge in [0.25, 0.3) is 0 Å². The smallest absolute Gasteiger partial charge is 0.243 e. The summed E-state index contributed by atoms with van der Waals surface area (Å²) >= 11 is 1.50. The van der Waals surface area contributed by atoms with Crippen molar-refractivity contribution in [1.29, 1.82) is 0 Å². The fourth-order valence-corrected chi connectivity index (χ4v) is 2.75. The lowest BCUT2D eigenvalue weighted by Crippen LogP contribution is -2.43. The second kappa shape index (κ2) is 7.07. The highest BCUT2D eigenvalue weighted by Crippen LogP contribution is 2.21. The van der Waals surface area contributed by atoms with Gasteiger partial charge in [0.05, 0.1) is 11.7 Å². The molecule has 2 heterocycles. The third-order valence-corrected chi connectivity index (χ3v) is 3.75. The van der Waals surface area contributed by atoms with Crippen molar-refractivity contribution in [1.82, 2.24) is 10.3 Å². The minimum Gasteiger partial charge on any atom is -0.306 e. The highest BCUT2D eigenvalue weighted by molar-refractivity contribution is 7.13. The Morgan fingerprint density at radius 1 is 1.56 bits per heavy atom. The molecule has 1 unspecified atom stereocenters. The summed E-state index contributed by atoms with van der Waals surface area (Å²) in [5.41, 5.74) is 1.04. The summed E-state index contributed by atoms with van der Waals surface area (Å²) < 4.78 is 0. The first-order valence-corrected chi connectivity index (χ1v) is 7.04. The molecule has 1 aliphatic rings. The highest BCUT2D eigenvalue weighted by atomic mass is 35.5. The van der Waals surface area contributed by atoms with Crippen LogP contribution in [-0.4, -0.2) is 23.5 Å². The van der Waals surface area contributed by atoms with Gasteiger partial charge < -0.3 is 10.6 Å². The molecule has 102 valence electrons. The molecule has 1 amide bonds. The molecular formula is C12H20ClN3OS. The molecule has 1 aromatic heterocycles. The van der Waals surface area contributed by atoms with Gasteiger partial charge in [0.15, 0.2) is 5.13 Å². The molecule has 0 aliphatic carbocycles. The second-order valence-electron chi connectivity index (χ2n) is 4.72. The van der Waals surface area contributed by atoms with E-state index in [1.807, 2.05) is 5.38 Å². The molecule has 0 aromatic carbocycles. The molecule has 1 aliphatic heterocycles. The van der Waals surface area contributed by atoms with Gasteiger partial charge in [-0.3, -0.25) is 4.79 Å². The zero-order chi connectivity index (χ0) is 12.3. The van der Waals surface area contributed by atoms with E-state index < -0.39 is 0 Å². The molecule has 0 radical (unpaired) electrons. The number of anilines is 1. The summed E-state index contributed by atoms with van der Waals surface area (Å²) in [7, 11) is 0. The number of hydrogen-bond acceptors (Lipinski definition) is 4. The number of hydrogen-bond donors (Lipinski definition) is 2. The van der Waals surface area contributed by atoms with Crippen molar-refractivity contribution in [2.24, 2.45) is 0 Å². The number of carbonyl (C=O) groups excluding carboxylic acids is 1. The molecule has 4 nitrogen and oxygen atoms in total. The quantitative estimate of drug-likeness (QED) is 0.900. The SMILES string of the molecule is CC(C)c1csc(NC(=O)C2CCCCN2)n1.Cl. The van der Waals surface area contributed by atoms with Gasteiger partial charge in [0.2, 0.25) is 5.91 Å². The van der Waals surface area contributed by atoms with E-state index >= 15 is 0 Å². The third kappa shape index (κ3) is 3.93. The highest BCUT2D eigenvalue weighted by Gasteiger charge is 2.21. The van der Waals surface area contributed by atoms with Gasteiger partial charge in [-0.25, -0.2) is 4.98 Å². The summed E-state index contributed by atoms with van der Waals surface area (Å²) in [5, 5.41) is 8.85. The topological polar surface area (TPSA) is 54.0 Å². The molecule has 1 atom stereocenters. The van der Waals surface area contributed by atoms with Crippen LogP contribution < -0.4 is 10.6 Å². The van der Waals surface area contributed by atoms with Crippen molar-refractivity contribution >= 4 is 34.8 Å². The number of nitrogens with zero attached hydrogens (tertiary/aromatic N) is 1. The monoisotopic (exact) mass is 289 g/mol. The molecule has 6 heteroatoms. The predicted molar refractivity (Wildman–Crippen MR) is 77.7 cm³/mol. The molecular weight excluding hydrogens is 270 g/mol. The number of aromatic nitrogens is 1. The molecule has 0 bridgehead atoms. The first-order chi connectivity index (χ1) is 8.16. The zero-order valence-electron chi connectivity index (χ0n) is 10.7. The summed E-state index contributed by atoms with van der Waals surface area (Å²) in [6.07, 6.45) is 3.22. The van der Waals surface area contributed by atoms with Crippen LogP contribution in [0.25, 0.3) is 0 Å². The minimum atomic E-state index is -0.0462. The molecule has 1 fully saturated rings. The van der Waals surface area contributed by atoms with Crippen molar-refractivity contribution in [3.05, 3.63) is 11.1 Å². The minimum absolute atomic E-state index is 0. The van der Waals surface area contributed by atoms with Crippen LogP contribution in [0.3, 0.4) is 0 Å². The van der Waals surface area contributed by atoms with Crippen molar-refractivity contribution in [2.75, 3.05) is 11.9 Å². The van der Waals surface area contributed by atoms with E-state index in [4.69, 9.17) is 0 Å². The van der Waals surface area contributed by atoms with Gasteiger partial charge in [-0.15, -0.1) is 23.7 Å². The first kappa shape index (κ1) is 15.4. The Hall–Kier alpha value is -0.650. The Morgan fingerprint density at radius 2 is 2.33 bits per heavy atom. The van der Waals surface area contributed by atoms with E-state index in [9.17, 15) is 4.79 Å². The lowest BCUT2D eigenvalue weighted by Gasteiger charge is -2.21. The maximum Gasteiger partial charge on any atom is 0.243 e. The average molecular weight is 290 g/mol. The van der Waals surface area contributed by atoms with Crippen LogP contribution in [0.2, 0.25) is 0 Å². The van der Waals surface area contributed by atoms with Gasteiger partial charge in [-0.1, -0.05) is 20.3 Å². The normalized spacial score (nSPS) is 19.4. The Morgan fingerprint density at radius 3 is 2.89 bits per heavy atom. The van der Waals surface area contributed by atoms with E-state index in [2.05, 4.69) is 29.5 Å². The molecule has 0 spiro atoms. The lowest BCUT2D eigenvalue weighted by molar-refractivity contribution is -0.118. The summed E-state index contributed by atoms with van der Waals surface area (Å²) in [4.78, 5) is 16.3. The summed E-state index contributed by atoms with van der Waals surface area (Å²) in [6.45, 7) is 5.14. The fraction of sp³-hybridized carbons (Fsp3) is 0.667. The van der Waals surface area contributed by atoms with Crippen molar-refractivity contribution in [3.63, 3.8) is 0 Å². The van der Waals surface area contributed by atoms with Gasteiger partial charge in [0.1, 0.15) is 0 Å². The Balaban J connectivity index is 0.00000162. The predicted octanol–water partition coefficient (Wildman–Crippen LogP) is 2.77. The lowest BCUT2D eigenvalue weighted by atomic mass is 10.0. The third-order valence-electron chi connectivity index (χ3n) is 2.97. The van der Waals surface area contributed by atoms with E-state index in [0.29, 0.717) is 11.0 Å². The molecule has 2 rings (SSSR count). The van der Waals surface area contributed by atoms with Crippen molar-refractivity contribution < 1.29 is 4.79 Å². The van der Waals surface area contributed by atoms with Crippen LogP contribution in [0.15, 0.2) is 5.38 Å². The van der Waals surface area contributed by atoms with Crippen LogP contribution in [0.4, 0.5) is 5.13 Å². The van der Waals surface area contributed by atoms with E-state index in [1.54, 1.807) is 0 Å². The van der Waals surface area contributed by atoms with Crippen LogP contribution in [0.5, 0.6) is 0 Å². The molecule has 1 saturated heterocycles. The number of carbonyl (C=O) groups is 1.